The third-order valence-corrected chi connectivity index (χ3v) is 5.75. The van der Waals surface area contributed by atoms with Gasteiger partial charge in [-0.05, 0) is 60.6 Å². The zero-order valence-corrected chi connectivity index (χ0v) is 15.9. The molecule has 2 aliphatic rings. The molecule has 3 nitrogen and oxygen atoms in total. The molecule has 1 aromatic rings. The Morgan fingerprint density at radius 1 is 1.25 bits per heavy atom. The lowest BCUT2D eigenvalue weighted by atomic mass is 9.65. The molecular formula is C21H34N2O. The van der Waals surface area contributed by atoms with Crippen molar-refractivity contribution in [3.8, 4) is 5.75 Å². The maximum atomic E-state index is 6.15. The van der Waals surface area contributed by atoms with E-state index in [4.69, 9.17) is 10.5 Å². The minimum absolute atomic E-state index is 0.495. The van der Waals surface area contributed by atoms with Gasteiger partial charge in [-0.1, -0.05) is 33.8 Å². The zero-order chi connectivity index (χ0) is 17.4. The first-order chi connectivity index (χ1) is 11.3. The van der Waals surface area contributed by atoms with Crippen molar-refractivity contribution in [2.75, 3.05) is 25.4 Å². The van der Waals surface area contributed by atoms with Crippen LogP contribution in [0.2, 0.25) is 0 Å². The summed E-state index contributed by atoms with van der Waals surface area (Å²) in [5.41, 5.74) is 9.26. The van der Waals surface area contributed by atoms with Crippen molar-refractivity contribution in [3.05, 3.63) is 23.8 Å². The number of hydrogen-bond acceptors (Lipinski definition) is 3. The monoisotopic (exact) mass is 330 g/mol. The number of ether oxygens (including phenoxy) is 1. The van der Waals surface area contributed by atoms with Gasteiger partial charge in [-0.25, -0.2) is 0 Å². The van der Waals surface area contributed by atoms with Gasteiger partial charge >= 0.3 is 0 Å². The smallest absolute Gasteiger partial charge is 0.142 e. The summed E-state index contributed by atoms with van der Waals surface area (Å²) in [6.45, 7) is 12.6. The van der Waals surface area contributed by atoms with Gasteiger partial charge in [0.2, 0.25) is 0 Å². The predicted molar refractivity (Wildman–Crippen MR) is 101 cm³/mol. The molecule has 2 unspecified atom stereocenters. The molecule has 2 N–H and O–H groups in total. The SMILES string of the molecule is CCCOc1ccc(CCN2CC3(C)CC2CC(C)(C)C3)cc1N. The maximum Gasteiger partial charge on any atom is 0.142 e. The highest BCUT2D eigenvalue weighted by atomic mass is 16.5. The fourth-order valence-corrected chi connectivity index (χ4v) is 5.21. The molecule has 1 saturated heterocycles. The van der Waals surface area contributed by atoms with Crippen LogP contribution in [0.25, 0.3) is 0 Å². The Bertz CT molecular complexity index is 583. The molecule has 3 heteroatoms. The minimum atomic E-state index is 0.495. The fraction of sp³-hybridized carbons (Fsp3) is 0.714. The first-order valence-corrected chi connectivity index (χ1v) is 9.56. The Morgan fingerprint density at radius 3 is 2.75 bits per heavy atom. The predicted octanol–water partition coefficient (Wildman–Crippen LogP) is 4.50. The van der Waals surface area contributed by atoms with Crippen LogP contribution in [-0.4, -0.2) is 30.6 Å². The first-order valence-electron chi connectivity index (χ1n) is 9.56. The average Bonchev–Trinajstić information content (AvgIpc) is 2.72. The molecule has 0 spiro atoms. The van der Waals surface area contributed by atoms with E-state index in [2.05, 4.69) is 44.7 Å². The lowest BCUT2D eigenvalue weighted by molar-refractivity contribution is 0.127. The standard InChI is InChI=1S/C21H34N2O/c1-5-10-24-19-7-6-16(11-18(19)22)8-9-23-15-21(4)13-17(23)12-20(2,3)14-21/h6-7,11,17H,5,8-10,12-15,22H2,1-4H3. The van der Waals surface area contributed by atoms with Crippen LogP contribution in [0, 0.1) is 10.8 Å². The molecule has 2 atom stereocenters. The van der Waals surface area contributed by atoms with Crippen molar-refractivity contribution in [1.29, 1.82) is 0 Å². The number of nitrogen functional groups attached to an aromatic ring is 1. The molecule has 1 heterocycles. The molecular weight excluding hydrogens is 296 g/mol. The van der Waals surface area contributed by atoms with E-state index in [1.165, 1.54) is 31.4 Å². The van der Waals surface area contributed by atoms with Crippen LogP contribution in [0.15, 0.2) is 18.2 Å². The molecule has 0 amide bonds. The van der Waals surface area contributed by atoms with Crippen molar-refractivity contribution in [3.63, 3.8) is 0 Å². The van der Waals surface area contributed by atoms with E-state index in [9.17, 15) is 0 Å². The highest BCUT2D eigenvalue weighted by molar-refractivity contribution is 5.54. The summed E-state index contributed by atoms with van der Waals surface area (Å²) in [6.07, 6.45) is 6.16. The molecule has 1 saturated carbocycles. The van der Waals surface area contributed by atoms with Gasteiger partial charge in [0.15, 0.2) is 0 Å². The molecule has 0 radical (unpaired) electrons. The molecule has 24 heavy (non-hydrogen) atoms. The highest BCUT2D eigenvalue weighted by Gasteiger charge is 2.49. The fourth-order valence-electron chi connectivity index (χ4n) is 5.21. The van der Waals surface area contributed by atoms with E-state index in [0.717, 1.165) is 43.5 Å². The molecule has 2 fully saturated rings. The number of benzene rings is 1. The van der Waals surface area contributed by atoms with E-state index in [1.807, 2.05) is 6.07 Å². The molecule has 3 rings (SSSR count). The third kappa shape index (κ3) is 3.88. The summed E-state index contributed by atoms with van der Waals surface area (Å²) in [5, 5.41) is 0. The lowest BCUT2D eigenvalue weighted by Gasteiger charge is -2.40. The number of fused-ring (bicyclic) bond motifs is 2. The number of nitrogens with two attached hydrogens (primary N) is 1. The van der Waals surface area contributed by atoms with Gasteiger partial charge in [0, 0.05) is 19.1 Å². The molecule has 134 valence electrons. The van der Waals surface area contributed by atoms with Gasteiger partial charge in [-0.3, -0.25) is 4.90 Å². The normalized spacial score (nSPS) is 28.9. The van der Waals surface area contributed by atoms with Crippen molar-refractivity contribution in [2.45, 2.75) is 65.8 Å². The topological polar surface area (TPSA) is 38.5 Å². The summed E-state index contributed by atoms with van der Waals surface area (Å²) in [6, 6.07) is 7.07. The highest BCUT2D eigenvalue weighted by Crippen LogP contribution is 2.52. The van der Waals surface area contributed by atoms with Crippen LogP contribution in [0.4, 0.5) is 5.69 Å². The van der Waals surface area contributed by atoms with Crippen molar-refractivity contribution in [1.82, 2.24) is 4.90 Å². The van der Waals surface area contributed by atoms with E-state index >= 15 is 0 Å². The van der Waals surface area contributed by atoms with E-state index < -0.39 is 0 Å². The molecule has 1 aliphatic heterocycles. The summed E-state index contributed by atoms with van der Waals surface area (Å²) < 4.78 is 5.68. The largest absolute Gasteiger partial charge is 0.491 e. The van der Waals surface area contributed by atoms with Crippen LogP contribution >= 0.6 is 0 Å². The van der Waals surface area contributed by atoms with Crippen molar-refractivity contribution < 1.29 is 4.74 Å². The summed E-state index contributed by atoms with van der Waals surface area (Å²) in [4.78, 5) is 2.73. The van der Waals surface area contributed by atoms with Gasteiger partial charge in [0.1, 0.15) is 5.75 Å². The van der Waals surface area contributed by atoms with Crippen molar-refractivity contribution >= 4 is 5.69 Å². The third-order valence-electron chi connectivity index (χ3n) is 5.75. The second-order valence-electron chi connectivity index (χ2n) is 9.15. The lowest BCUT2D eigenvalue weighted by Crippen LogP contribution is -2.35. The average molecular weight is 331 g/mol. The van der Waals surface area contributed by atoms with Crippen molar-refractivity contribution in [2.24, 2.45) is 10.8 Å². The number of nitrogens with zero attached hydrogens (tertiary/aromatic N) is 1. The van der Waals surface area contributed by atoms with E-state index in [0.29, 0.717) is 10.8 Å². The zero-order valence-electron chi connectivity index (χ0n) is 15.9. The summed E-state index contributed by atoms with van der Waals surface area (Å²) in [7, 11) is 0. The van der Waals surface area contributed by atoms with Crippen LogP contribution in [-0.2, 0) is 6.42 Å². The Balaban J connectivity index is 1.59. The minimum Gasteiger partial charge on any atom is -0.491 e. The molecule has 2 bridgehead atoms. The van der Waals surface area contributed by atoms with Crippen LogP contribution in [0.5, 0.6) is 5.75 Å². The Labute approximate surface area is 147 Å². The van der Waals surface area contributed by atoms with Gasteiger partial charge in [0.05, 0.1) is 12.3 Å². The number of rotatable bonds is 6. The van der Waals surface area contributed by atoms with Gasteiger partial charge < -0.3 is 10.5 Å². The Kier molecular flexibility index (Phi) is 4.83. The molecule has 0 aromatic heterocycles. The van der Waals surface area contributed by atoms with Gasteiger partial charge in [0.25, 0.3) is 0 Å². The summed E-state index contributed by atoms with van der Waals surface area (Å²) in [5.74, 6) is 0.826. The number of hydrogen-bond donors (Lipinski definition) is 1. The van der Waals surface area contributed by atoms with E-state index in [-0.39, 0.29) is 0 Å². The van der Waals surface area contributed by atoms with E-state index in [1.54, 1.807) is 0 Å². The number of likely N-dealkylation sites (tertiary alicyclic amines) is 1. The van der Waals surface area contributed by atoms with Gasteiger partial charge in [-0.15, -0.1) is 0 Å². The van der Waals surface area contributed by atoms with Gasteiger partial charge in [-0.2, -0.15) is 0 Å². The summed E-state index contributed by atoms with van der Waals surface area (Å²) >= 11 is 0. The van der Waals surface area contributed by atoms with Crippen LogP contribution in [0.1, 0.15) is 58.9 Å². The van der Waals surface area contributed by atoms with Crippen LogP contribution < -0.4 is 10.5 Å². The Hall–Kier alpha value is -1.22. The molecule has 1 aliphatic carbocycles. The quantitative estimate of drug-likeness (QED) is 0.780. The second-order valence-corrected chi connectivity index (χ2v) is 9.15. The number of anilines is 1. The Morgan fingerprint density at radius 2 is 2.04 bits per heavy atom. The van der Waals surface area contributed by atoms with Crippen LogP contribution in [0.3, 0.4) is 0 Å². The first kappa shape index (κ1) is 17.6. The second kappa shape index (κ2) is 6.59. The maximum absolute atomic E-state index is 6.15. The molecule has 1 aromatic carbocycles.